The molecule has 0 unspecified atom stereocenters. The van der Waals surface area contributed by atoms with Crippen LogP contribution in [0.3, 0.4) is 0 Å². The second-order valence-corrected chi connectivity index (χ2v) is 6.55. The molecule has 28 heavy (non-hydrogen) atoms. The molecule has 1 aromatic carbocycles. The Labute approximate surface area is 164 Å². The molecule has 3 rings (SSSR count). The van der Waals surface area contributed by atoms with Crippen LogP contribution in [0.5, 0.6) is 11.5 Å². The Morgan fingerprint density at radius 1 is 1.00 bits per heavy atom. The monoisotopic (exact) mass is 384 g/mol. The van der Waals surface area contributed by atoms with E-state index in [0.717, 1.165) is 13.1 Å². The summed E-state index contributed by atoms with van der Waals surface area (Å²) in [5, 5.41) is 2.77. The van der Waals surface area contributed by atoms with Crippen LogP contribution in [-0.2, 0) is 0 Å². The van der Waals surface area contributed by atoms with Gasteiger partial charge in [-0.3, -0.25) is 14.6 Å². The van der Waals surface area contributed by atoms with Crippen molar-refractivity contribution in [3.8, 4) is 11.5 Å². The van der Waals surface area contributed by atoms with E-state index in [-0.39, 0.29) is 11.6 Å². The van der Waals surface area contributed by atoms with Gasteiger partial charge in [0.1, 0.15) is 5.69 Å². The molecule has 8 heteroatoms. The lowest BCUT2D eigenvalue weighted by atomic mass is 10.1. The van der Waals surface area contributed by atoms with Gasteiger partial charge in [0.25, 0.3) is 11.8 Å². The van der Waals surface area contributed by atoms with Gasteiger partial charge in [-0.15, -0.1) is 0 Å². The van der Waals surface area contributed by atoms with E-state index in [9.17, 15) is 9.59 Å². The molecule has 148 valence electrons. The minimum atomic E-state index is -0.403. The Morgan fingerprint density at radius 2 is 1.71 bits per heavy atom. The number of ether oxygens (including phenoxy) is 2. The summed E-state index contributed by atoms with van der Waals surface area (Å²) in [6.07, 6.45) is 1.48. The van der Waals surface area contributed by atoms with Crippen LogP contribution in [-0.4, -0.2) is 74.0 Å². The lowest BCUT2D eigenvalue weighted by Crippen LogP contribution is -2.47. The zero-order valence-electron chi connectivity index (χ0n) is 16.3. The lowest BCUT2D eigenvalue weighted by Gasteiger charge is -2.32. The maximum Gasteiger partial charge on any atom is 0.274 e. The minimum absolute atomic E-state index is 0.0873. The van der Waals surface area contributed by atoms with Crippen LogP contribution in [0.4, 0.5) is 5.69 Å². The molecule has 1 fully saturated rings. The van der Waals surface area contributed by atoms with Gasteiger partial charge in [0.05, 0.1) is 14.2 Å². The zero-order chi connectivity index (χ0) is 20.1. The fourth-order valence-corrected chi connectivity index (χ4v) is 2.99. The molecule has 0 radical (unpaired) electrons. The van der Waals surface area contributed by atoms with Crippen molar-refractivity contribution in [3.63, 3.8) is 0 Å². The molecule has 1 N–H and O–H groups in total. The zero-order valence-corrected chi connectivity index (χ0v) is 16.3. The summed E-state index contributed by atoms with van der Waals surface area (Å²) in [5.74, 6) is 0.585. The Hall–Kier alpha value is -3.13. The third-order valence-electron chi connectivity index (χ3n) is 4.67. The molecule has 0 aliphatic carbocycles. The van der Waals surface area contributed by atoms with Crippen molar-refractivity contribution in [1.29, 1.82) is 0 Å². The van der Waals surface area contributed by atoms with Crippen LogP contribution >= 0.6 is 0 Å². The van der Waals surface area contributed by atoms with E-state index in [4.69, 9.17) is 9.47 Å². The lowest BCUT2D eigenvalue weighted by molar-refractivity contribution is 0.0664. The number of anilines is 1. The molecule has 1 aromatic heterocycles. The smallest absolute Gasteiger partial charge is 0.274 e. The van der Waals surface area contributed by atoms with Crippen LogP contribution in [0.2, 0.25) is 0 Å². The number of aromatic nitrogens is 1. The highest BCUT2D eigenvalue weighted by Gasteiger charge is 2.21. The number of nitrogens with zero attached hydrogens (tertiary/aromatic N) is 3. The van der Waals surface area contributed by atoms with Gasteiger partial charge in [-0.05, 0) is 31.3 Å². The second kappa shape index (κ2) is 8.71. The molecule has 2 aromatic rings. The van der Waals surface area contributed by atoms with Gasteiger partial charge >= 0.3 is 0 Å². The highest BCUT2D eigenvalue weighted by Crippen LogP contribution is 2.29. The number of methoxy groups -OCH3 is 2. The van der Waals surface area contributed by atoms with Gasteiger partial charge in [0.15, 0.2) is 11.5 Å². The fourth-order valence-electron chi connectivity index (χ4n) is 2.99. The minimum Gasteiger partial charge on any atom is -0.493 e. The third kappa shape index (κ3) is 4.40. The number of benzene rings is 1. The highest BCUT2D eigenvalue weighted by atomic mass is 16.5. The number of hydrogen-bond donors (Lipinski definition) is 1. The molecule has 0 spiro atoms. The van der Waals surface area contributed by atoms with Crippen molar-refractivity contribution in [2.45, 2.75) is 0 Å². The summed E-state index contributed by atoms with van der Waals surface area (Å²) < 4.78 is 10.4. The molecular formula is C20H24N4O4. The van der Waals surface area contributed by atoms with Crippen molar-refractivity contribution in [2.75, 3.05) is 52.8 Å². The summed E-state index contributed by atoms with van der Waals surface area (Å²) in [6.45, 7) is 3.02. The van der Waals surface area contributed by atoms with Crippen LogP contribution in [0.1, 0.15) is 20.8 Å². The largest absolute Gasteiger partial charge is 0.493 e. The molecule has 2 amide bonds. The first kappa shape index (κ1) is 19.6. The van der Waals surface area contributed by atoms with Gasteiger partial charge in [0, 0.05) is 49.7 Å². The number of hydrogen-bond acceptors (Lipinski definition) is 6. The molecule has 1 saturated heterocycles. The number of carbonyl (C=O) groups excluding carboxylic acids is 2. The summed E-state index contributed by atoms with van der Waals surface area (Å²) in [6, 6.07) is 8.23. The Kier molecular flexibility index (Phi) is 6.10. The summed E-state index contributed by atoms with van der Waals surface area (Å²) in [5.41, 5.74) is 1.17. The van der Waals surface area contributed by atoms with E-state index < -0.39 is 5.91 Å². The molecule has 8 nitrogen and oxygen atoms in total. The molecule has 0 bridgehead atoms. The molecule has 0 atom stereocenters. The van der Waals surface area contributed by atoms with E-state index in [1.807, 2.05) is 7.05 Å². The van der Waals surface area contributed by atoms with E-state index in [2.05, 4.69) is 15.2 Å². The van der Waals surface area contributed by atoms with Crippen molar-refractivity contribution >= 4 is 17.5 Å². The van der Waals surface area contributed by atoms with Gasteiger partial charge in [-0.1, -0.05) is 0 Å². The SMILES string of the molecule is COc1ccc(NC(=O)c2cc(C(=O)N3CCN(C)CC3)ccn2)cc1OC. The van der Waals surface area contributed by atoms with Crippen molar-refractivity contribution in [1.82, 2.24) is 14.8 Å². The summed E-state index contributed by atoms with van der Waals surface area (Å²) in [7, 11) is 5.10. The van der Waals surface area contributed by atoms with Crippen LogP contribution in [0, 0.1) is 0 Å². The van der Waals surface area contributed by atoms with Gasteiger partial charge in [0.2, 0.25) is 0 Å². The van der Waals surface area contributed by atoms with Crippen molar-refractivity contribution in [3.05, 3.63) is 47.8 Å². The van der Waals surface area contributed by atoms with Crippen LogP contribution in [0.15, 0.2) is 36.5 Å². The maximum atomic E-state index is 12.7. The molecule has 1 aliphatic rings. The van der Waals surface area contributed by atoms with Crippen molar-refractivity contribution < 1.29 is 19.1 Å². The Bertz CT molecular complexity index is 863. The number of piperazine rings is 1. The predicted octanol–water partition coefficient (Wildman–Crippen LogP) is 1.74. The normalized spacial score (nSPS) is 14.5. The molecule has 0 saturated carbocycles. The second-order valence-electron chi connectivity index (χ2n) is 6.55. The number of pyridine rings is 1. The highest BCUT2D eigenvalue weighted by molar-refractivity contribution is 6.04. The first-order valence-corrected chi connectivity index (χ1v) is 8.99. The van der Waals surface area contributed by atoms with Gasteiger partial charge in [-0.2, -0.15) is 0 Å². The van der Waals surface area contributed by atoms with Gasteiger partial charge in [-0.25, -0.2) is 0 Å². The summed E-state index contributed by atoms with van der Waals surface area (Å²) in [4.78, 5) is 33.4. The van der Waals surface area contributed by atoms with Crippen LogP contribution < -0.4 is 14.8 Å². The quantitative estimate of drug-likeness (QED) is 0.845. The van der Waals surface area contributed by atoms with E-state index >= 15 is 0 Å². The number of nitrogens with one attached hydrogen (secondary N) is 1. The van der Waals surface area contributed by atoms with Gasteiger partial charge < -0.3 is 24.6 Å². The maximum absolute atomic E-state index is 12.7. The Morgan fingerprint density at radius 3 is 2.39 bits per heavy atom. The average molecular weight is 384 g/mol. The topological polar surface area (TPSA) is 84.0 Å². The molecule has 2 heterocycles. The van der Waals surface area contributed by atoms with E-state index in [1.54, 1.807) is 36.3 Å². The van der Waals surface area contributed by atoms with Crippen molar-refractivity contribution in [2.24, 2.45) is 0 Å². The number of amides is 2. The predicted molar refractivity (Wildman–Crippen MR) is 105 cm³/mol. The first-order valence-electron chi connectivity index (χ1n) is 8.99. The fraction of sp³-hybridized carbons (Fsp3) is 0.350. The third-order valence-corrected chi connectivity index (χ3v) is 4.67. The molecular weight excluding hydrogens is 360 g/mol. The van der Waals surface area contributed by atoms with E-state index in [0.29, 0.717) is 35.8 Å². The number of likely N-dealkylation sites (N-methyl/N-ethyl adjacent to an activating group) is 1. The number of carbonyl (C=O) groups is 2. The molecule has 1 aliphatic heterocycles. The summed E-state index contributed by atoms with van der Waals surface area (Å²) >= 11 is 0. The number of rotatable bonds is 5. The Balaban J connectivity index is 1.73. The van der Waals surface area contributed by atoms with E-state index in [1.165, 1.54) is 19.4 Å². The standard InChI is InChI=1S/C20H24N4O4/c1-23-8-10-24(11-9-23)20(26)14-6-7-21-16(12-14)19(25)22-15-4-5-17(27-2)18(13-15)28-3/h4-7,12-13H,8-11H2,1-3H3,(H,22,25). The van der Waals surface area contributed by atoms with Crippen LogP contribution in [0.25, 0.3) is 0 Å². The average Bonchev–Trinajstić information content (AvgIpc) is 2.73. The first-order chi connectivity index (χ1) is 13.5.